The van der Waals surface area contributed by atoms with Crippen molar-refractivity contribution in [2.24, 2.45) is 40.4 Å². The van der Waals surface area contributed by atoms with Crippen LogP contribution in [0.2, 0.25) is 0 Å². The van der Waals surface area contributed by atoms with Crippen molar-refractivity contribution in [2.75, 3.05) is 0 Å². The van der Waals surface area contributed by atoms with Gasteiger partial charge in [-0.3, -0.25) is 0 Å². The first-order valence-electron chi connectivity index (χ1n) is 9.38. The van der Waals surface area contributed by atoms with Crippen LogP contribution in [0, 0.1) is 40.4 Å². The maximum Gasteiger partial charge on any atom is 0.0760 e. The first-order chi connectivity index (χ1) is 10.4. The highest BCUT2D eigenvalue weighted by Crippen LogP contribution is 2.65. The van der Waals surface area contributed by atoms with Crippen LogP contribution < -0.4 is 0 Å². The number of hydrogen-bond donors (Lipinski definition) is 1. The van der Waals surface area contributed by atoms with E-state index >= 15 is 0 Å². The average molecular weight is 323 g/mol. The van der Waals surface area contributed by atoms with Crippen molar-refractivity contribution in [3.63, 3.8) is 0 Å². The molecule has 0 bridgehead atoms. The molecule has 1 N–H and O–H groups in total. The summed E-state index contributed by atoms with van der Waals surface area (Å²) >= 11 is 6.49. The quantitative estimate of drug-likeness (QED) is 0.490. The van der Waals surface area contributed by atoms with Crippen LogP contribution in [-0.2, 0) is 0 Å². The molecule has 0 amide bonds. The molecule has 0 heterocycles. The summed E-state index contributed by atoms with van der Waals surface area (Å²) in [5, 5.41) is 10.6. The van der Waals surface area contributed by atoms with Crippen LogP contribution in [-0.4, -0.2) is 16.6 Å². The van der Waals surface area contributed by atoms with Gasteiger partial charge < -0.3 is 5.11 Å². The average Bonchev–Trinajstić information content (AvgIpc) is 2.72. The van der Waals surface area contributed by atoms with Gasteiger partial charge in [0, 0.05) is 0 Å². The van der Waals surface area contributed by atoms with E-state index in [1.807, 2.05) is 0 Å². The summed E-state index contributed by atoms with van der Waals surface area (Å²) in [6.45, 7) is 7.21. The summed E-state index contributed by atoms with van der Waals surface area (Å²) in [4.78, 5) is 0. The molecule has 0 radical (unpaired) electrons. The maximum atomic E-state index is 10.6. The van der Waals surface area contributed by atoms with Crippen LogP contribution in [0.1, 0.15) is 59.3 Å². The molecule has 0 aliphatic heterocycles. The van der Waals surface area contributed by atoms with E-state index in [1.54, 1.807) is 0 Å². The Bertz CT molecular complexity index is 488. The van der Waals surface area contributed by atoms with Gasteiger partial charge in [-0.25, -0.2) is 0 Å². The lowest BCUT2D eigenvalue weighted by Crippen LogP contribution is -2.52. The Hall–Kier alpha value is -0.0100. The highest BCUT2D eigenvalue weighted by Gasteiger charge is 2.61. The van der Waals surface area contributed by atoms with E-state index in [1.165, 1.54) is 25.7 Å². The molecule has 3 fully saturated rings. The van der Waals surface area contributed by atoms with Gasteiger partial charge in [0.1, 0.15) is 0 Å². The van der Waals surface area contributed by atoms with Crippen molar-refractivity contribution in [1.29, 1.82) is 0 Å². The lowest BCUT2D eigenvalue weighted by Gasteiger charge is -2.59. The van der Waals surface area contributed by atoms with Crippen molar-refractivity contribution < 1.29 is 5.11 Å². The minimum Gasteiger partial charge on any atom is -0.391 e. The van der Waals surface area contributed by atoms with Crippen molar-refractivity contribution in [3.05, 3.63) is 12.2 Å². The molecule has 9 atom stereocenters. The number of alkyl halides is 1. The maximum absolute atomic E-state index is 10.6. The second-order valence-electron chi connectivity index (χ2n) is 9.33. The first-order valence-corrected chi connectivity index (χ1v) is 9.81. The molecule has 0 unspecified atom stereocenters. The molecule has 124 valence electrons. The van der Waals surface area contributed by atoms with E-state index in [4.69, 9.17) is 11.6 Å². The SMILES string of the molecule is C[C@H]1C=C[C@@]2(C)[C@@H](CC[C@@H]3[C@@H]2CC[C@]2(C)[C@H](O)[C@H](Cl)C[C@@H]32)C1. The largest absolute Gasteiger partial charge is 0.391 e. The summed E-state index contributed by atoms with van der Waals surface area (Å²) in [6.07, 6.45) is 12.3. The third kappa shape index (κ3) is 1.94. The molecular weight excluding hydrogens is 292 g/mol. The number of halogens is 1. The minimum atomic E-state index is -0.299. The normalized spacial score (nSPS) is 60.5. The lowest BCUT2D eigenvalue weighted by molar-refractivity contribution is -0.0961. The number of aliphatic hydroxyl groups is 1. The zero-order valence-corrected chi connectivity index (χ0v) is 15.0. The molecule has 1 nitrogen and oxygen atoms in total. The van der Waals surface area contributed by atoms with Gasteiger partial charge in [0.25, 0.3) is 0 Å². The van der Waals surface area contributed by atoms with Gasteiger partial charge in [-0.15, -0.1) is 11.6 Å². The Morgan fingerprint density at radius 1 is 1.09 bits per heavy atom. The zero-order valence-electron chi connectivity index (χ0n) is 14.3. The van der Waals surface area contributed by atoms with Crippen LogP contribution in [0.15, 0.2) is 12.2 Å². The minimum absolute atomic E-state index is 0.0267. The smallest absolute Gasteiger partial charge is 0.0760 e. The van der Waals surface area contributed by atoms with E-state index in [0.29, 0.717) is 11.3 Å². The monoisotopic (exact) mass is 322 g/mol. The Balaban J connectivity index is 1.67. The van der Waals surface area contributed by atoms with Crippen molar-refractivity contribution in [1.82, 2.24) is 0 Å². The Labute approximate surface area is 140 Å². The predicted molar refractivity (Wildman–Crippen MR) is 91.8 cm³/mol. The molecule has 0 saturated heterocycles. The molecule has 4 aliphatic rings. The highest BCUT2D eigenvalue weighted by atomic mass is 35.5. The summed E-state index contributed by atoms with van der Waals surface area (Å²) in [5.74, 6) is 3.84. The number of fused-ring (bicyclic) bond motifs is 5. The Kier molecular flexibility index (Phi) is 3.52. The topological polar surface area (TPSA) is 20.2 Å². The number of allylic oxidation sites excluding steroid dienone is 2. The second kappa shape index (κ2) is 4.99. The van der Waals surface area contributed by atoms with Gasteiger partial charge in [-0.05, 0) is 78.9 Å². The summed E-state index contributed by atoms with van der Waals surface area (Å²) < 4.78 is 0. The van der Waals surface area contributed by atoms with E-state index < -0.39 is 0 Å². The number of hydrogen-bond acceptors (Lipinski definition) is 1. The fourth-order valence-corrected chi connectivity index (χ4v) is 7.42. The molecule has 0 aromatic rings. The molecule has 22 heavy (non-hydrogen) atoms. The highest BCUT2D eigenvalue weighted by molar-refractivity contribution is 6.21. The zero-order chi connectivity index (χ0) is 15.7. The summed E-state index contributed by atoms with van der Waals surface area (Å²) in [7, 11) is 0. The van der Waals surface area contributed by atoms with Crippen molar-refractivity contribution in [2.45, 2.75) is 70.8 Å². The molecule has 3 saturated carbocycles. The fraction of sp³-hybridized carbons (Fsp3) is 0.900. The van der Waals surface area contributed by atoms with Gasteiger partial charge in [0.05, 0.1) is 11.5 Å². The van der Waals surface area contributed by atoms with Crippen LogP contribution in [0.5, 0.6) is 0 Å². The number of rotatable bonds is 0. The van der Waals surface area contributed by atoms with Gasteiger partial charge in [-0.1, -0.05) is 32.9 Å². The molecule has 0 aromatic carbocycles. The molecule has 4 aliphatic carbocycles. The van der Waals surface area contributed by atoms with Crippen LogP contribution in [0.25, 0.3) is 0 Å². The van der Waals surface area contributed by atoms with E-state index in [0.717, 1.165) is 36.5 Å². The van der Waals surface area contributed by atoms with Crippen molar-refractivity contribution >= 4 is 11.6 Å². The van der Waals surface area contributed by atoms with Crippen molar-refractivity contribution in [3.8, 4) is 0 Å². The standard InChI is InChI=1S/C20H31ClO/c1-12-6-8-19(2)13(10-12)4-5-14-15(19)7-9-20(3)16(14)11-17(21)18(20)22/h6,8,12-18,22H,4-5,7,9-11H2,1-3H3/t12-,13-,14+,15-,16-,17+,18+,19-,20-/m0/s1. The predicted octanol–water partition coefficient (Wildman–Crippen LogP) is 5.02. The molecule has 2 heteroatoms. The van der Waals surface area contributed by atoms with Crippen LogP contribution in [0.4, 0.5) is 0 Å². The van der Waals surface area contributed by atoms with Crippen LogP contribution >= 0.6 is 11.6 Å². The van der Waals surface area contributed by atoms with E-state index in [2.05, 4.69) is 32.9 Å². The third-order valence-corrected chi connectivity index (χ3v) is 8.76. The summed E-state index contributed by atoms with van der Waals surface area (Å²) in [6, 6.07) is 0. The van der Waals surface area contributed by atoms with E-state index in [-0.39, 0.29) is 16.9 Å². The molecule has 0 aromatic heterocycles. The second-order valence-corrected chi connectivity index (χ2v) is 9.89. The molecule has 4 rings (SSSR count). The Morgan fingerprint density at radius 3 is 2.64 bits per heavy atom. The molecule has 0 spiro atoms. The molecular formula is C20H31ClO. The number of aliphatic hydroxyl groups excluding tert-OH is 1. The van der Waals surface area contributed by atoms with Gasteiger partial charge >= 0.3 is 0 Å². The van der Waals surface area contributed by atoms with E-state index in [9.17, 15) is 5.11 Å². The van der Waals surface area contributed by atoms with Gasteiger partial charge in [0.15, 0.2) is 0 Å². The van der Waals surface area contributed by atoms with Crippen LogP contribution in [0.3, 0.4) is 0 Å². The van der Waals surface area contributed by atoms with Gasteiger partial charge in [0.2, 0.25) is 0 Å². The van der Waals surface area contributed by atoms with Gasteiger partial charge in [-0.2, -0.15) is 0 Å². The summed E-state index contributed by atoms with van der Waals surface area (Å²) in [5.41, 5.74) is 0.467. The Morgan fingerprint density at radius 2 is 1.86 bits per heavy atom. The first kappa shape index (κ1) is 15.5. The fourth-order valence-electron chi connectivity index (χ4n) is 6.94. The lowest BCUT2D eigenvalue weighted by atomic mass is 9.46. The third-order valence-electron chi connectivity index (χ3n) is 8.34.